The molecule has 0 bridgehead atoms. The molecule has 130 valence electrons. The number of benzene rings is 1. The van der Waals surface area contributed by atoms with E-state index in [1.54, 1.807) is 29.9 Å². The lowest BCUT2D eigenvalue weighted by atomic mass is 10.2. The maximum absolute atomic E-state index is 12.3. The second-order valence-electron chi connectivity index (χ2n) is 5.65. The van der Waals surface area contributed by atoms with Crippen molar-refractivity contribution in [3.05, 3.63) is 48.8 Å². The summed E-state index contributed by atoms with van der Waals surface area (Å²) in [6.07, 6.45) is 4.34. The molecule has 2 N–H and O–H groups in total. The van der Waals surface area contributed by atoms with Gasteiger partial charge in [0.2, 0.25) is 5.84 Å². The van der Waals surface area contributed by atoms with Gasteiger partial charge in [-0.1, -0.05) is 18.2 Å². The van der Waals surface area contributed by atoms with Crippen LogP contribution in [0.3, 0.4) is 0 Å². The number of nitrogens with one attached hydrogen (secondary N) is 2. The van der Waals surface area contributed by atoms with Crippen LogP contribution in [0.2, 0.25) is 0 Å². The van der Waals surface area contributed by atoms with Crippen LogP contribution in [0, 0.1) is 0 Å². The fraction of sp³-hybridized carbons (Fsp3) is 0.294. The number of carbonyl (C=O) groups excluding carboxylic acids is 2. The molecule has 0 spiro atoms. The van der Waals surface area contributed by atoms with Crippen molar-refractivity contribution in [3.8, 4) is 0 Å². The van der Waals surface area contributed by atoms with Crippen LogP contribution in [-0.2, 0) is 16.1 Å². The number of nitrogens with zero attached hydrogens (tertiary/aromatic N) is 4. The molecule has 1 aliphatic rings. The van der Waals surface area contributed by atoms with Crippen LogP contribution in [0.15, 0.2) is 53.8 Å². The summed E-state index contributed by atoms with van der Waals surface area (Å²) in [4.78, 5) is 28.8. The van der Waals surface area contributed by atoms with Gasteiger partial charge in [0.05, 0.1) is 5.69 Å². The molecule has 0 aliphatic carbocycles. The smallest absolute Gasteiger partial charge is 0.288 e. The van der Waals surface area contributed by atoms with Gasteiger partial charge in [-0.3, -0.25) is 19.7 Å². The Kier molecular flexibility index (Phi) is 5.08. The topological polar surface area (TPSA) is 91.6 Å². The Bertz CT molecular complexity index is 757. The van der Waals surface area contributed by atoms with Crippen molar-refractivity contribution >= 4 is 23.3 Å². The maximum atomic E-state index is 12.3. The molecule has 25 heavy (non-hydrogen) atoms. The summed E-state index contributed by atoms with van der Waals surface area (Å²) in [7, 11) is 0. The second-order valence-corrected chi connectivity index (χ2v) is 5.65. The third kappa shape index (κ3) is 4.03. The number of carbonyl (C=O) groups is 2. The summed E-state index contributed by atoms with van der Waals surface area (Å²) in [5, 5.41) is 8.28. The molecule has 1 unspecified atom stereocenters. The van der Waals surface area contributed by atoms with Crippen molar-refractivity contribution in [1.29, 1.82) is 0 Å². The largest absolute Gasteiger partial charge is 0.349 e. The third-order valence-electron chi connectivity index (χ3n) is 3.76. The Morgan fingerprint density at radius 1 is 1.28 bits per heavy atom. The van der Waals surface area contributed by atoms with Crippen LogP contribution in [0.1, 0.15) is 13.3 Å². The molecular formula is C17H20N6O2. The van der Waals surface area contributed by atoms with Crippen LogP contribution in [0.25, 0.3) is 0 Å². The number of rotatable bonds is 6. The summed E-state index contributed by atoms with van der Waals surface area (Å²) in [6.45, 7) is 2.88. The van der Waals surface area contributed by atoms with Gasteiger partial charge in [0.15, 0.2) is 0 Å². The molecule has 1 aromatic heterocycles. The van der Waals surface area contributed by atoms with Gasteiger partial charge in [0.1, 0.15) is 6.04 Å². The zero-order chi connectivity index (χ0) is 17.6. The number of amides is 2. The molecule has 2 amide bonds. The first-order valence-corrected chi connectivity index (χ1v) is 8.14. The molecular weight excluding hydrogens is 320 g/mol. The van der Waals surface area contributed by atoms with Gasteiger partial charge in [-0.25, -0.2) is 10.0 Å². The Labute approximate surface area is 145 Å². The number of anilines is 1. The highest BCUT2D eigenvalue weighted by atomic mass is 16.2. The quantitative estimate of drug-likeness (QED) is 0.758. The highest BCUT2D eigenvalue weighted by Crippen LogP contribution is 2.15. The highest BCUT2D eigenvalue weighted by Gasteiger charge is 2.30. The lowest BCUT2D eigenvalue weighted by Gasteiger charge is -2.30. The summed E-state index contributed by atoms with van der Waals surface area (Å²) in [5.41, 5.74) is 3.47. The highest BCUT2D eigenvalue weighted by molar-refractivity contribution is 6.39. The zero-order valence-corrected chi connectivity index (χ0v) is 13.9. The van der Waals surface area contributed by atoms with E-state index in [2.05, 4.69) is 20.8 Å². The standard InChI is InChI=1S/C17H20N6O2/c1-13-17(25)23(14-7-3-2-4-8-14)21-15(20-13)16(24)18-9-5-11-22-12-6-10-19-22/h2-4,6-8,10,12-13H,5,9,11H2,1H3,(H,18,24)(H,20,21). The first-order chi connectivity index (χ1) is 12.1. The van der Waals surface area contributed by atoms with Gasteiger partial charge in [-0.2, -0.15) is 5.10 Å². The predicted octanol–water partition coefficient (Wildman–Crippen LogP) is 0.728. The number of aryl methyl sites for hydroxylation is 1. The van der Waals surface area contributed by atoms with E-state index in [9.17, 15) is 9.59 Å². The number of hydrogen-bond acceptors (Lipinski definition) is 5. The second kappa shape index (κ2) is 7.61. The zero-order valence-electron chi connectivity index (χ0n) is 13.9. The Morgan fingerprint density at radius 2 is 2.08 bits per heavy atom. The van der Waals surface area contributed by atoms with Crippen molar-refractivity contribution < 1.29 is 9.59 Å². The van der Waals surface area contributed by atoms with Crippen molar-refractivity contribution in [3.63, 3.8) is 0 Å². The molecule has 8 heteroatoms. The number of hydrogen-bond donors (Lipinski definition) is 2. The Balaban J connectivity index is 1.58. The van der Waals surface area contributed by atoms with Gasteiger partial charge in [0, 0.05) is 25.5 Å². The van der Waals surface area contributed by atoms with Crippen LogP contribution >= 0.6 is 0 Å². The van der Waals surface area contributed by atoms with Crippen molar-refractivity contribution in [2.24, 2.45) is 4.99 Å². The van der Waals surface area contributed by atoms with Gasteiger partial charge < -0.3 is 5.32 Å². The van der Waals surface area contributed by atoms with E-state index in [1.807, 2.05) is 30.5 Å². The van der Waals surface area contributed by atoms with Crippen LogP contribution < -0.4 is 15.8 Å². The van der Waals surface area contributed by atoms with Crippen molar-refractivity contribution in [2.45, 2.75) is 25.9 Å². The third-order valence-corrected chi connectivity index (χ3v) is 3.76. The van der Waals surface area contributed by atoms with E-state index in [-0.39, 0.29) is 17.6 Å². The SMILES string of the molecule is CC1N=C(C(=O)NCCCn2cccn2)NN(c2ccccc2)C1=O. The molecule has 0 saturated heterocycles. The van der Waals surface area contributed by atoms with Crippen LogP contribution in [0.5, 0.6) is 0 Å². The number of hydrazine groups is 1. The number of amidine groups is 1. The van der Waals surface area contributed by atoms with Gasteiger partial charge in [-0.15, -0.1) is 0 Å². The molecule has 3 rings (SSSR count). The molecule has 0 saturated carbocycles. The van der Waals surface area contributed by atoms with Crippen LogP contribution in [0.4, 0.5) is 5.69 Å². The van der Waals surface area contributed by atoms with Crippen LogP contribution in [-0.4, -0.2) is 40.0 Å². The number of aromatic nitrogens is 2. The average Bonchev–Trinajstić information content (AvgIpc) is 3.15. The monoisotopic (exact) mass is 340 g/mol. The molecule has 2 heterocycles. The van der Waals surface area contributed by atoms with Crippen molar-refractivity contribution in [2.75, 3.05) is 11.6 Å². The minimum absolute atomic E-state index is 0.134. The number of aliphatic imine (C=N–C) groups is 1. The fourth-order valence-electron chi connectivity index (χ4n) is 2.46. The fourth-order valence-corrected chi connectivity index (χ4v) is 2.46. The van der Waals surface area contributed by atoms with E-state index in [1.165, 1.54) is 5.01 Å². The van der Waals surface area contributed by atoms with E-state index in [0.717, 1.165) is 13.0 Å². The van der Waals surface area contributed by atoms with E-state index >= 15 is 0 Å². The van der Waals surface area contributed by atoms with E-state index in [4.69, 9.17) is 0 Å². The normalized spacial score (nSPS) is 17.0. The first-order valence-electron chi connectivity index (χ1n) is 8.14. The van der Waals surface area contributed by atoms with Crippen molar-refractivity contribution in [1.82, 2.24) is 20.5 Å². The lowest BCUT2D eigenvalue weighted by Crippen LogP contribution is -2.58. The van der Waals surface area contributed by atoms with Gasteiger partial charge in [0.25, 0.3) is 11.8 Å². The molecule has 8 nitrogen and oxygen atoms in total. The maximum Gasteiger partial charge on any atom is 0.288 e. The minimum Gasteiger partial charge on any atom is -0.349 e. The molecule has 2 aromatic rings. The van der Waals surface area contributed by atoms with Gasteiger partial charge in [-0.05, 0) is 31.5 Å². The van der Waals surface area contributed by atoms with E-state index < -0.39 is 6.04 Å². The average molecular weight is 340 g/mol. The predicted molar refractivity (Wildman–Crippen MR) is 93.8 cm³/mol. The minimum atomic E-state index is -0.619. The van der Waals surface area contributed by atoms with E-state index in [0.29, 0.717) is 12.2 Å². The summed E-state index contributed by atoms with van der Waals surface area (Å²) < 4.78 is 1.81. The molecule has 1 aromatic carbocycles. The molecule has 0 radical (unpaired) electrons. The summed E-state index contributed by atoms with van der Waals surface area (Å²) in [5.74, 6) is -0.405. The Morgan fingerprint density at radius 3 is 2.80 bits per heavy atom. The summed E-state index contributed by atoms with van der Waals surface area (Å²) >= 11 is 0. The first kappa shape index (κ1) is 16.7. The summed E-state index contributed by atoms with van der Waals surface area (Å²) in [6, 6.07) is 10.3. The molecule has 1 atom stereocenters. The molecule has 1 aliphatic heterocycles. The number of para-hydroxylation sites is 1. The van der Waals surface area contributed by atoms with Gasteiger partial charge >= 0.3 is 0 Å². The molecule has 0 fully saturated rings. The lowest BCUT2D eigenvalue weighted by molar-refractivity contribution is -0.120. The Hall–Kier alpha value is -3.16.